The molecule has 5 nitrogen and oxygen atoms in total. The van der Waals surface area contributed by atoms with Crippen molar-refractivity contribution in [2.75, 3.05) is 13.4 Å². The van der Waals surface area contributed by atoms with E-state index in [1.165, 1.54) is 0 Å². The lowest BCUT2D eigenvalue weighted by Crippen LogP contribution is -2.52. The minimum atomic E-state index is -1.03. The van der Waals surface area contributed by atoms with Crippen molar-refractivity contribution in [3.8, 4) is 5.75 Å². The molecule has 1 aliphatic rings. The SMILES string of the molecule is COc1cc(S(C)=O)ccc1/C=C/C1NNC(=O)CC1C. The predicted molar refractivity (Wildman–Crippen MR) is 83.2 cm³/mol. The number of rotatable bonds is 4. The molecule has 1 aromatic carbocycles. The second-order valence-electron chi connectivity index (χ2n) is 5.12. The van der Waals surface area contributed by atoms with E-state index in [2.05, 4.69) is 10.9 Å². The second-order valence-corrected chi connectivity index (χ2v) is 6.50. The summed E-state index contributed by atoms with van der Waals surface area (Å²) in [6.07, 6.45) is 6.10. The Balaban J connectivity index is 2.17. The average Bonchev–Trinajstić information content (AvgIpc) is 2.46. The molecule has 3 atom stereocenters. The van der Waals surface area contributed by atoms with Gasteiger partial charge < -0.3 is 4.74 Å². The molecule has 0 spiro atoms. The van der Waals surface area contributed by atoms with Gasteiger partial charge in [-0.15, -0.1) is 0 Å². The van der Waals surface area contributed by atoms with Gasteiger partial charge in [-0.25, -0.2) is 5.43 Å². The number of methoxy groups -OCH3 is 1. The Morgan fingerprint density at radius 3 is 2.81 bits per heavy atom. The Hall–Kier alpha value is -1.66. The van der Waals surface area contributed by atoms with Crippen LogP contribution >= 0.6 is 0 Å². The summed E-state index contributed by atoms with van der Waals surface area (Å²) in [5.41, 5.74) is 6.53. The molecule has 2 rings (SSSR count). The molecular formula is C15H20N2O3S. The van der Waals surface area contributed by atoms with E-state index >= 15 is 0 Å². The van der Waals surface area contributed by atoms with Crippen LogP contribution in [0, 0.1) is 5.92 Å². The second kappa shape index (κ2) is 6.87. The zero-order valence-electron chi connectivity index (χ0n) is 12.4. The zero-order valence-corrected chi connectivity index (χ0v) is 13.2. The molecule has 6 heteroatoms. The fraction of sp³-hybridized carbons (Fsp3) is 0.400. The molecule has 0 radical (unpaired) electrons. The number of nitrogens with one attached hydrogen (secondary N) is 2. The molecule has 1 aromatic rings. The Morgan fingerprint density at radius 2 is 2.19 bits per heavy atom. The first kappa shape index (κ1) is 15.7. The maximum atomic E-state index is 11.5. The lowest BCUT2D eigenvalue weighted by Gasteiger charge is -2.27. The fourth-order valence-corrected chi connectivity index (χ4v) is 2.76. The third kappa shape index (κ3) is 3.92. The fourth-order valence-electron chi connectivity index (χ4n) is 2.23. The molecule has 1 heterocycles. The monoisotopic (exact) mass is 308 g/mol. The van der Waals surface area contributed by atoms with Gasteiger partial charge in [0.05, 0.1) is 7.11 Å². The number of hydrazine groups is 1. The third-order valence-electron chi connectivity index (χ3n) is 3.52. The Morgan fingerprint density at radius 1 is 1.43 bits per heavy atom. The van der Waals surface area contributed by atoms with E-state index in [1.54, 1.807) is 19.4 Å². The summed E-state index contributed by atoms with van der Waals surface area (Å²) in [6.45, 7) is 2.03. The highest BCUT2D eigenvalue weighted by atomic mass is 32.2. The van der Waals surface area contributed by atoms with Crippen LogP contribution in [0.2, 0.25) is 0 Å². The van der Waals surface area contributed by atoms with Gasteiger partial charge in [0.1, 0.15) is 5.75 Å². The summed E-state index contributed by atoms with van der Waals surface area (Å²) < 4.78 is 16.8. The molecule has 1 aliphatic heterocycles. The number of hydrogen-bond acceptors (Lipinski definition) is 4. The maximum Gasteiger partial charge on any atom is 0.234 e. The molecule has 0 aliphatic carbocycles. The largest absolute Gasteiger partial charge is 0.496 e. The van der Waals surface area contributed by atoms with E-state index in [1.807, 2.05) is 31.2 Å². The van der Waals surface area contributed by atoms with Gasteiger partial charge in [-0.05, 0) is 18.1 Å². The van der Waals surface area contributed by atoms with E-state index < -0.39 is 10.8 Å². The quantitative estimate of drug-likeness (QED) is 0.884. The lowest BCUT2D eigenvalue weighted by molar-refractivity contribution is -0.125. The number of hydrogen-bond donors (Lipinski definition) is 2. The molecule has 21 heavy (non-hydrogen) atoms. The summed E-state index contributed by atoms with van der Waals surface area (Å²) in [4.78, 5) is 12.0. The van der Waals surface area contributed by atoms with Crippen LogP contribution in [0.1, 0.15) is 18.9 Å². The molecular weight excluding hydrogens is 288 g/mol. The molecule has 1 amide bonds. The van der Waals surface area contributed by atoms with Gasteiger partial charge in [0.25, 0.3) is 0 Å². The first-order chi connectivity index (χ1) is 10.0. The summed E-state index contributed by atoms with van der Waals surface area (Å²) in [5.74, 6) is 0.925. The van der Waals surface area contributed by atoms with Crippen LogP contribution in [-0.4, -0.2) is 29.5 Å². The first-order valence-electron chi connectivity index (χ1n) is 6.75. The van der Waals surface area contributed by atoms with Crippen molar-refractivity contribution in [1.82, 2.24) is 10.9 Å². The van der Waals surface area contributed by atoms with E-state index in [0.717, 1.165) is 10.5 Å². The van der Waals surface area contributed by atoms with Gasteiger partial charge in [0.2, 0.25) is 5.91 Å². The number of carbonyl (C=O) groups excluding carboxylic acids is 1. The summed E-state index contributed by atoms with van der Waals surface area (Å²) in [7, 11) is 0.563. The molecule has 0 bridgehead atoms. The normalized spacial score (nSPS) is 23.9. The van der Waals surface area contributed by atoms with E-state index in [9.17, 15) is 9.00 Å². The predicted octanol–water partition coefficient (Wildman–Crippen LogP) is 1.47. The summed E-state index contributed by atoms with van der Waals surface area (Å²) in [6, 6.07) is 5.58. The summed E-state index contributed by atoms with van der Waals surface area (Å²) in [5, 5.41) is 0. The number of carbonyl (C=O) groups is 1. The number of ether oxygens (including phenoxy) is 1. The number of amides is 1. The minimum Gasteiger partial charge on any atom is -0.496 e. The van der Waals surface area contributed by atoms with Crippen molar-refractivity contribution in [3.63, 3.8) is 0 Å². The molecule has 3 unspecified atom stereocenters. The maximum absolute atomic E-state index is 11.5. The Bertz CT molecular complexity index is 586. The van der Waals surface area contributed by atoms with Gasteiger partial charge in [0, 0.05) is 40.0 Å². The van der Waals surface area contributed by atoms with Gasteiger partial charge in [-0.2, -0.15) is 0 Å². The topological polar surface area (TPSA) is 67.4 Å². The van der Waals surface area contributed by atoms with E-state index in [4.69, 9.17) is 4.74 Å². The van der Waals surface area contributed by atoms with Crippen LogP contribution in [-0.2, 0) is 15.6 Å². The average molecular weight is 308 g/mol. The highest BCUT2D eigenvalue weighted by molar-refractivity contribution is 7.84. The highest BCUT2D eigenvalue weighted by Crippen LogP contribution is 2.24. The Kier molecular flexibility index (Phi) is 5.14. The van der Waals surface area contributed by atoms with Crippen LogP contribution in [0.3, 0.4) is 0 Å². The van der Waals surface area contributed by atoms with E-state index in [-0.39, 0.29) is 17.9 Å². The van der Waals surface area contributed by atoms with Crippen molar-refractivity contribution < 1.29 is 13.7 Å². The highest BCUT2D eigenvalue weighted by Gasteiger charge is 2.23. The van der Waals surface area contributed by atoms with Gasteiger partial charge >= 0.3 is 0 Å². The molecule has 0 saturated carbocycles. The molecule has 1 fully saturated rings. The van der Waals surface area contributed by atoms with Crippen molar-refractivity contribution in [1.29, 1.82) is 0 Å². The van der Waals surface area contributed by atoms with Crippen molar-refractivity contribution in [2.45, 2.75) is 24.3 Å². The van der Waals surface area contributed by atoms with Crippen LogP contribution in [0.25, 0.3) is 6.08 Å². The lowest BCUT2D eigenvalue weighted by atomic mass is 9.96. The minimum absolute atomic E-state index is 0.0134. The van der Waals surface area contributed by atoms with Crippen LogP contribution in [0.4, 0.5) is 0 Å². The van der Waals surface area contributed by atoms with Crippen LogP contribution in [0.15, 0.2) is 29.2 Å². The molecule has 0 aromatic heterocycles. The summed E-state index contributed by atoms with van der Waals surface area (Å²) >= 11 is 0. The zero-order chi connectivity index (χ0) is 15.4. The van der Waals surface area contributed by atoms with Crippen molar-refractivity contribution in [2.24, 2.45) is 5.92 Å². The standard InChI is InChI=1S/C15H20N2O3S/c1-10-8-15(18)17-16-13(10)7-5-11-4-6-12(21(3)19)9-14(11)20-2/h4-7,9-10,13,16H,8H2,1-3H3,(H,17,18)/b7-5+. The molecule has 2 N–H and O–H groups in total. The first-order valence-corrected chi connectivity index (χ1v) is 8.31. The number of benzene rings is 1. The van der Waals surface area contributed by atoms with Crippen molar-refractivity contribution in [3.05, 3.63) is 29.8 Å². The third-order valence-corrected chi connectivity index (χ3v) is 4.44. The van der Waals surface area contributed by atoms with Gasteiger partial charge in [-0.3, -0.25) is 14.4 Å². The van der Waals surface area contributed by atoms with Crippen molar-refractivity contribution >= 4 is 22.8 Å². The van der Waals surface area contributed by atoms with Gasteiger partial charge in [0.15, 0.2) is 0 Å². The van der Waals surface area contributed by atoms with Gasteiger partial charge in [-0.1, -0.05) is 25.1 Å². The molecule has 114 valence electrons. The van der Waals surface area contributed by atoms with Crippen LogP contribution < -0.4 is 15.6 Å². The van der Waals surface area contributed by atoms with E-state index in [0.29, 0.717) is 12.2 Å². The Labute approximate surface area is 127 Å². The smallest absolute Gasteiger partial charge is 0.234 e. The van der Waals surface area contributed by atoms with Crippen LogP contribution in [0.5, 0.6) is 5.75 Å². The molecule has 1 saturated heterocycles.